The zero-order valence-electron chi connectivity index (χ0n) is 13.2. The minimum absolute atomic E-state index is 0.141. The molecule has 0 spiro atoms. The van der Waals surface area contributed by atoms with Crippen LogP contribution in [0.3, 0.4) is 0 Å². The zero-order chi connectivity index (χ0) is 15.6. The van der Waals surface area contributed by atoms with Crippen molar-refractivity contribution in [2.45, 2.75) is 31.7 Å². The molecule has 4 heterocycles. The first-order valence-corrected chi connectivity index (χ1v) is 8.55. The molecule has 23 heavy (non-hydrogen) atoms. The number of nitrogens with zero attached hydrogens (tertiary/aromatic N) is 3. The molecule has 0 radical (unpaired) electrons. The van der Waals surface area contributed by atoms with E-state index in [0.717, 1.165) is 48.9 Å². The highest BCUT2D eigenvalue weighted by atomic mass is 16.2. The predicted molar refractivity (Wildman–Crippen MR) is 89.2 cm³/mol. The Bertz CT molecular complexity index is 706. The number of hydrogen-bond donors (Lipinski definition) is 1. The number of pyridine rings is 2. The molecule has 4 rings (SSSR count). The van der Waals surface area contributed by atoms with Gasteiger partial charge in [-0.1, -0.05) is 0 Å². The van der Waals surface area contributed by atoms with Gasteiger partial charge in [0.05, 0.1) is 11.1 Å². The van der Waals surface area contributed by atoms with Crippen LogP contribution in [-0.4, -0.2) is 46.5 Å². The van der Waals surface area contributed by atoms with Crippen molar-refractivity contribution in [3.05, 3.63) is 36.3 Å². The summed E-state index contributed by atoms with van der Waals surface area (Å²) in [7, 11) is 0. The molecule has 2 aliphatic heterocycles. The van der Waals surface area contributed by atoms with Crippen molar-refractivity contribution in [2.24, 2.45) is 5.92 Å². The average Bonchev–Trinajstić information content (AvgIpc) is 3.15. The van der Waals surface area contributed by atoms with Crippen LogP contribution in [0.4, 0.5) is 0 Å². The quantitative estimate of drug-likeness (QED) is 0.924. The van der Waals surface area contributed by atoms with Gasteiger partial charge in [-0.3, -0.25) is 14.8 Å². The van der Waals surface area contributed by atoms with Gasteiger partial charge >= 0.3 is 0 Å². The first-order chi connectivity index (χ1) is 11.3. The van der Waals surface area contributed by atoms with Crippen LogP contribution in [-0.2, 0) is 0 Å². The summed E-state index contributed by atoms with van der Waals surface area (Å²) in [6.07, 6.45) is 9.83. The van der Waals surface area contributed by atoms with Crippen molar-refractivity contribution in [3.63, 3.8) is 0 Å². The lowest BCUT2D eigenvalue weighted by Gasteiger charge is -2.39. The van der Waals surface area contributed by atoms with Gasteiger partial charge in [0.1, 0.15) is 0 Å². The topological polar surface area (TPSA) is 58.1 Å². The van der Waals surface area contributed by atoms with E-state index < -0.39 is 0 Å². The summed E-state index contributed by atoms with van der Waals surface area (Å²) in [5.41, 5.74) is 1.57. The molecular weight excluding hydrogens is 288 g/mol. The minimum atomic E-state index is 0.141. The monoisotopic (exact) mass is 310 g/mol. The fourth-order valence-electron chi connectivity index (χ4n) is 4.04. The lowest BCUT2D eigenvalue weighted by Crippen LogP contribution is -2.48. The summed E-state index contributed by atoms with van der Waals surface area (Å²) in [5.74, 6) is 0.729. The van der Waals surface area contributed by atoms with E-state index in [9.17, 15) is 4.79 Å². The molecule has 1 amide bonds. The summed E-state index contributed by atoms with van der Waals surface area (Å²) in [6, 6.07) is 4.07. The molecule has 2 aromatic heterocycles. The number of amides is 1. The van der Waals surface area contributed by atoms with Gasteiger partial charge in [0.15, 0.2) is 0 Å². The number of rotatable bonds is 2. The van der Waals surface area contributed by atoms with Crippen molar-refractivity contribution in [1.82, 2.24) is 20.2 Å². The van der Waals surface area contributed by atoms with Crippen molar-refractivity contribution in [2.75, 3.05) is 19.6 Å². The van der Waals surface area contributed by atoms with Gasteiger partial charge in [-0.15, -0.1) is 0 Å². The largest absolute Gasteiger partial charge is 0.335 e. The minimum Gasteiger partial charge on any atom is -0.335 e. The van der Waals surface area contributed by atoms with Gasteiger partial charge in [0.2, 0.25) is 0 Å². The Balaban J connectivity index is 1.68. The van der Waals surface area contributed by atoms with Crippen LogP contribution in [0.5, 0.6) is 0 Å². The lowest BCUT2D eigenvalue weighted by atomic mass is 9.89. The van der Waals surface area contributed by atoms with Crippen LogP contribution >= 0.6 is 0 Å². The molecule has 5 nitrogen and oxygen atoms in total. The molecule has 0 aromatic carbocycles. The van der Waals surface area contributed by atoms with E-state index >= 15 is 0 Å². The van der Waals surface area contributed by atoms with E-state index in [4.69, 9.17) is 0 Å². The Hall–Kier alpha value is -2.01. The smallest absolute Gasteiger partial charge is 0.254 e. The number of likely N-dealkylation sites (tertiary alicyclic amines) is 1. The third-order valence-electron chi connectivity index (χ3n) is 5.23. The van der Waals surface area contributed by atoms with Gasteiger partial charge < -0.3 is 10.2 Å². The number of hydrogen-bond acceptors (Lipinski definition) is 4. The molecule has 1 N–H and O–H groups in total. The molecule has 2 aromatic rings. The number of nitrogens with one attached hydrogen (secondary N) is 1. The summed E-state index contributed by atoms with van der Waals surface area (Å²) in [5, 5.41) is 4.30. The first kappa shape index (κ1) is 14.6. The number of carbonyl (C=O) groups excluding carboxylic acids is 1. The van der Waals surface area contributed by atoms with Gasteiger partial charge in [0, 0.05) is 36.6 Å². The molecule has 2 unspecified atom stereocenters. The Morgan fingerprint density at radius 1 is 1.22 bits per heavy atom. The lowest BCUT2D eigenvalue weighted by molar-refractivity contribution is 0.0532. The molecule has 0 aliphatic carbocycles. The van der Waals surface area contributed by atoms with Crippen LogP contribution in [0.25, 0.3) is 10.9 Å². The summed E-state index contributed by atoms with van der Waals surface area (Å²) < 4.78 is 0. The highest BCUT2D eigenvalue weighted by Gasteiger charge is 2.35. The Morgan fingerprint density at radius 2 is 2.17 bits per heavy atom. The normalized spacial score (nSPS) is 25.0. The van der Waals surface area contributed by atoms with Crippen molar-refractivity contribution < 1.29 is 4.79 Å². The summed E-state index contributed by atoms with van der Waals surface area (Å²) in [4.78, 5) is 23.9. The van der Waals surface area contributed by atoms with Gasteiger partial charge in [-0.05, 0) is 56.8 Å². The Kier molecular flexibility index (Phi) is 3.95. The number of fused-ring (bicyclic) bond motifs is 1. The van der Waals surface area contributed by atoms with E-state index in [1.165, 1.54) is 12.8 Å². The maximum absolute atomic E-state index is 13.2. The molecule has 2 atom stereocenters. The number of piperidine rings is 1. The fraction of sp³-hybridized carbons (Fsp3) is 0.500. The van der Waals surface area contributed by atoms with Crippen molar-refractivity contribution in [3.8, 4) is 0 Å². The SMILES string of the molecule is O=C(c1ccnc2ccncc12)N1CCCCC1C1CCNC1. The van der Waals surface area contributed by atoms with E-state index in [1.807, 2.05) is 12.1 Å². The van der Waals surface area contributed by atoms with E-state index in [0.29, 0.717) is 12.0 Å². The third-order valence-corrected chi connectivity index (χ3v) is 5.23. The predicted octanol–water partition coefficient (Wildman–Crippen LogP) is 2.23. The summed E-state index contributed by atoms with van der Waals surface area (Å²) >= 11 is 0. The molecule has 0 bridgehead atoms. The number of carbonyl (C=O) groups is 1. The molecule has 2 fully saturated rings. The fourth-order valence-corrected chi connectivity index (χ4v) is 4.04. The Morgan fingerprint density at radius 3 is 3.04 bits per heavy atom. The second-order valence-corrected chi connectivity index (χ2v) is 6.57. The third kappa shape index (κ3) is 2.70. The summed E-state index contributed by atoms with van der Waals surface area (Å²) in [6.45, 7) is 2.97. The highest BCUT2D eigenvalue weighted by Crippen LogP contribution is 2.29. The maximum atomic E-state index is 13.2. The van der Waals surface area contributed by atoms with Crippen molar-refractivity contribution >= 4 is 16.8 Å². The average molecular weight is 310 g/mol. The van der Waals surface area contributed by atoms with Crippen LogP contribution in [0, 0.1) is 5.92 Å². The molecular formula is C18H22N4O. The number of aromatic nitrogens is 2. The second-order valence-electron chi connectivity index (χ2n) is 6.57. The molecule has 2 saturated heterocycles. The van der Waals surface area contributed by atoms with Gasteiger partial charge in [-0.25, -0.2) is 0 Å². The first-order valence-electron chi connectivity index (χ1n) is 8.55. The van der Waals surface area contributed by atoms with E-state index in [2.05, 4.69) is 20.2 Å². The van der Waals surface area contributed by atoms with E-state index in [1.54, 1.807) is 18.6 Å². The molecule has 5 heteroatoms. The molecule has 2 aliphatic rings. The van der Waals surface area contributed by atoms with Gasteiger partial charge in [-0.2, -0.15) is 0 Å². The van der Waals surface area contributed by atoms with Crippen LogP contribution in [0.2, 0.25) is 0 Å². The van der Waals surface area contributed by atoms with E-state index in [-0.39, 0.29) is 5.91 Å². The molecule has 0 saturated carbocycles. The Labute approximate surface area is 136 Å². The zero-order valence-corrected chi connectivity index (χ0v) is 13.2. The van der Waals surface area contributed by atoms with Gasteiger partial charge in [0.25, 0.3) is 5.91 Å². The highest BCUT2D eigenvalue weighted by molar-refractivity contribution is 6.05. The standard InChI is InChI=1S/C18H22N4O/c23-18(14-5-9-21-16-6-8-20-12-15(14)16)22-10-2-1-3-17(22)13-4-7-19-11-13/h5-6,8-9,12-13,17,19H,1-4,7,10-11H2. The van der Waals surface area contributed by atoms with Crippen LogP contribution < -0.4 is 5.32 Å². The van der Waals surface area contributed by atoms with Crippen LogP contribution in [0.15, 0.2) is 30.7 Å². The van der Waals surface area contributed by atoms with Crippen LogP contribution in [0.1, 0.15) is 36.0 Å². The molecule has 120 valence electrons. The second kappa shape index (κ2) is 6.24. The maximum Gasteiger partial charge on any atom is 0.254 e. The van der Waals surface area contributed by atoms with Crippen molar-refractivity contribution in [1.29, 1.82) is 0 Å².